The van der Waals surface area contributed by atoms with Crippen LogP contribution in [0.15, 0.2) is 0 Å². The Morgan fingerprint density at radius 3 is 2.33 bits per heavy atom. The molecule has 0 heterocycles. The van der Waals surface area contributed by atoms with Crippen molar-refractivity contribution < 1.29 is 9.90 Å². The van der Waals surface area contributed by atoms with Gasteiger partial charge in [0.25, 0.3) is 0 Å². The highest BCUT2D eigenvalue weighted by Crippen LogP contribution is 2.40. The average Bonchev–Trinajstić information content (AvgIpc) is 2.19. The zero-order valence-corrected chi connectivity index (χ0v) is 10.2. The summed E-state index contributed by atoms with van der Waals surface area (Å²) in [7, 11) is 0. The van der Waals surface area contributed by atoms with Crippen molar-refractivity contribution in [3.63, 3.8) is 0 Å². The molecular weight excluding hydrogens is 190 g/mol. The van der Waals surface area contributed by atoms with E-state index in [1.165, 1.54) is 0 Å². The van der Waals surface area contributed by atoms with E-state index in [-0.39, 0.29) is 29.4 Å². The zero-order valence-electron chi connectivity index (χ0n) is 10.2. The van der Waals surface area contributed by atoms with Gasteiger partial charge in [-0.05, 0) is 19.3 Å². The van der Waals surface area contributed by atoms with Gasteiger partial charge in [-0.25, -0.2) is 0 Å². The molecule has 3 nitrogen and oxygen atoms in total. The standard InChI is InChI=1S/C12H23NO2/c1-5-8(6-2)11(15)13-9-7-10(14)12(9,3)4/h8-10,14H,5-7H2,1-4H3,(H,13,15). The molecule has 0 bridgehead atoms. The van der Waals surface area contributed by atoms with E-state index in [1.54, 1.807) is 0 Å². The molecule has 15 heavy (non-hydrogen) atoms. The Morgan fingerprint density at radius 2 is 2.00 bits per heavy atom. The van der Waals surface area contributed by atoms with E-state index in [9.17, 15) is 9.90 Å². The lowest BCUT2D eigenvalue weighted by molar-refractivity contribution is -0.133. The number of nitrogens with one attached hydrogen (secondary N) is 1. The maximum Gasteiger partial charge on any atom is 0.223 e. The van der Waals surface area contributed by atoms with Crippen molar-refractivity contribution in [1.82, 2.24) is 5.32 Å². The van der Waals surface area contributed by atoms with Crippen LogP contribution in [0.2, 0.25) is 0 Å². The van der Waals surface area contributed by atoms with Gasteiger partial charge in [-0.15, -0.1) is 0 Å². The fourth-order valence-corrected chi connectivity index (χ4v) is 2.10. The van der Waals surface area contributed by atoms with Crippen molar-refractivity contribution in [3.05, 3.63) is 0 Å². The minimum Gasteiger partial charge on any atom is -0.392 e. The zero-order chi connectivity index (χ0) is 11.6. The third-order valence-electron chi connectivity index (χ3n) is 3.89. The third-order valence-corrected chi connectivity index (χ3v) is 3.89. The van der Waals surface area contributed by atoms with Crippen LogP contribution in [-0.4, -0.2) is 23.2 Å². The Morgan fingerprint density at radius 1 is 1.47 bits per heavy atom. The summed E-state index contributed by atoms with van der Waals surface area (Å²) in [6, 6.07) is 0.139. The summed E-state index contributed by atoms with van der Waals surface area (Å²) in [4.78, 5) is 11.8. The van der Waals surface area contributed by atoms with Gasteiger partial charge in [0.05, 0.1) is 6.10 Å². The topological polar surface area (TPSA) is 49.3 Å². The van der Waals surface area contributed by atoms with E-state index in [0.29, 0.717) is 6.42 Å². The van der Waals surface area contributed by atoms with E-state index < -0.39 is 0 Å². The number of amides is 1. The van der Waals surface area contributed by atoms with Crippen molar-refractivity contribution in [1.29, 1.82) is 0 Å². The minimum absolute atomic E-state index is 0.124. The van der Waals surface area contributed by atoms with Gasteiger partial charge in [-0.2, -0.15) is 0 Å². The summed E-state index contributed by atoms with van der Waals surface area (Å²) in [6.07, 6.45) is 2.19. The first kappa shape index (κ1) is 12.5. The number of rotatable bonds is 4. The van der Waals surface area contributed by atoms with E-state index in [2.05, 4.69) is 5.32 Å². The Hall–Kier alpha value is -0.570. The molecule has 0 aliphatic heterocycles. The van der Waals surface area contributed by atoms with Crippen LogP contribution in [0.3, 0.4) is 0 Å². The summed E-state index contributed by atoms with van der Waals surface area (Å²) in [5.74, 6) is 0.267. The molecule has 1 amide bonds. The Bertz CT molecular complexity index is 234. The lowest BCUT2D eigenvalue weighted by atomic mass is 9.64. The molecule has 0 spiro atoms. The number of carbonyl (C=O) groups is 1. The number of aliphatic hydroxyl groups excluding tert-OH is 1. The van der Waals surface area contributed by atoms with Crippen molar-refractivity contribution in [2.75, 3.05) is 0 Å². The smallest absolute Gasteiger partial charge is 0.223 e. The number of hydrogen-bond acceptors (Lipinski definition) is 2. The molecule has 1 aliphatic carbocycles. The molecule has 0 aromatic heterocycles. The van der Waals surface area contributed by atoms with E-state index in [1.807, 2.05) is 27.7 Å². The normalized spacial score (nSPS) is 28.7. The number of carbonyl (C=O) groups excluding carboxylic acids is 1. The molecule has 1 rings (SSSR count). The summed E-state index contributed by atoms with van der Waals surface area (Å²) in [5.41, 5.74) is -0.165. The molecular formula is C12H23NO2. The van der Waals surface area contributed by atoms with Gasteiger partial charge >= 0.3 is 0 Å². The lowest BCUT2D eigenvalue weighted by Gasteiger charge is -2.49. The summed E-state index contributed by atoms with van der Waals surface area (Å²) < 4.78 is 0. The predicted octanol–water partition coefficient (Wildman–Crippen LogP) is 1.70. The van der Waals surface area contributed by atoms with Crippen molar-refractivity contribution in [3.8, 4) is 0 Å². The maximum atomic E-state index is 11.8. The van der Waals surface area contributed by atoms with Crippen molar-refractivity contribution in [2.45, 2.75) is 59.1 Å². The van der Waals surface area contributed by atoms with Crippen LogP contribution in [0.1, 0.15) is 47.0 Å². The molecule has 0 saturated heterocycles. The van der Waals surface area contributed by atoms with Gasteiger partial charge in [0.1, 0.15) is 0 Å². The Kier molecular flexibility index (Phi) is 3.77. The highest BCUT2D eigenvalue weighted by atomic mass is 16.3. The van der Waals surface area contributed by atoms with Gasteiger partial charge in [-0.3, -0.25) is 4.79 Å². The molecule has 1 fully saturated rings. The first-order valence-corrected chi connectivity index (χ1v) is 5.91. The molecule has 2 atom stereocenters. The van der Waals surface area contributed by atoms with Crippen molar-refractivity contribution in [2.24, 2.45) is 11.3 Å². The first-order valence-electron chi connectivity index (χ1n) is 5.91. The van der Waals surface area contributed by atoms with Gasteiger partial charge in [-0.1, -0.05) is 27.7 Å². The largest absolute Gasteiger partial charge is 0.392 e. The van der Waals surface area contributed by atoms with Gasteiger partial charge in [0.15, 0.2) is 0 Å². The fourth-order valence-electron chi connectivity index (χ4n) is 2.10. The predicted molar refractivity (Wildman–Crippen MR) is 60.4 cm³/mol. The molecule has 1 aliphatic rings. The highest BCUT2D eigenvalue weighted by Gasteiger charge is 2.48. The van der Waals surface area contributed by atoms with Crippen molar-refractivity contribution >= 4 is 5.91 Å². The van der Waals surface area contributed by atoms with Gasteiger partial charge < -0.3 is 10.4 Å². The maximum absolute atomic E-state index is 11.8. The SMILES string of the molecule is CCC(CC)C(=O)NC1CC(O)C1(C)C. The van der Waals surface area contributed by atoms with Crippen LogP contribution in [0.25, 0.3) is 0 Å². The quantitative estimate of drug-likeness (QED) is 0.746. The van der Waals surface area contributed by atoms with Crippen LogP contribution in [0.5, 0.6) is 0 Å². The minimum atomic E-state index is -0.274. The molecule has 1 saturated carbocycles. The number of hydrogen-bond donors (Lipinski definition) is 2. The van der Waals surface area contributed by atoms with Crippen LogP contribution in [0.4, 0.5) is 0 Å². The highest BCUT2D eigenvalue weighted by molar-refractivity contribution is 5.79. The summed E-state index contributed by atoms with van der Waals surface area (Å²) >= 11 is 0. The molecule has 88 valence electrons. The molecule has 0 aromatic rings. The molecule has 0 radical (unpaired) electrons. The van der Waals surface area contributed by atoms with E-state index in [0.717, 1.165) is 12.8 Å². The van der Waals surface area contributed by atoms with E-state index >= 15 is 0 Å². The Balaban J connectivity index is 2.46. The summed E-state index contributed by atoms with van der Waals surface area (Å²) in [6.45, 7) is 8.07. The second-order valence-corrected chi connectivity index (χ2v) is 5.15. The second kappa shape index (κ2) is 4.52. The molecule has 2 unspecified atom stereocenters. The molecule has 2 N–H and O–H groups in total. The molecule has 3 heteroatoms. The summed E-state index contributed by atoms with van der Waals surface area (Å²) in [5, 5.41) is 12.6. The van der Waals surface area contributed by atoms with Gasteiger partial charge in [0, 0.05) is 17.4 Å². The first-order chi connectivity index (χ1) is 6.93. The van der Waals surface area contributed by atoms with Crippen LogP contribution >= 0.6 is 0 Å². The lowest BCUT2D eigenvalue weighted by Crippen LogP contribution is -2.61. The van der Waals surface area contributed by atoms with E-state index in [4.69, 9.17) is 0 Å². The van der Waals surface area contributed by atoms with Gasteiger partial charge in [0.2, 0.25) is 5.91 Å². The average molecular weight is 213 g/mol. The van der Waals surface area contributed by atoms with Crippen LogP contribution < -0.4 is 5.32 Å². The molecule has 0 aromatic carbocycles. The third kappa shape index (κ3) is 2.33. The van der Waals surface area contributed by atoms with Crippen LogP contribution in [0, 0.1) is 11.3 Å². The Labute approximate surface area is 92.3 Å². The number of aliphatic hydroxyl groups is 1. The fraction of sp³-hybridized carbons (Fsp3) is 0.917. The monoisotopic (exact) mass is 213 g/mol. The second-order valence-electron chi connectivity index (χ2n) is 5.15. The van der Waals surface area contributed by atoms with Crippen LogP contribution in [-0.2, 0) is 4.79 Å².